The Morgan fingerprint density at radius 2 is 1.22 bits per heavy atom. The molecule has 49 heavy (non-hydrogen) atoms. The van der Waals surface area contributed by atoms with Gasteiger partial charge in [0.25, 0.3) is 0 Å². The Bertz CT molecular complexity index is 1370. The molecule has 0 spiro atoms. The van der Waals surface area contributed by atoms with Crippen molar-refractivity contribution in [1.29, 1.82) is 0 Å². The third-order valence-electron chi connectivity index (χ3n) is 8.07. The molecule has 14 nitrogen and oxygen atoms in total. The van der Waals surface area contributed by atoms with E-state index in [1.807, 2.05) is 60.7 Å². The van der Waals surface area contributed by atoms with Crippen LogP contribution in [0.2, 0.25) is 0 Å². The molecule has 14 heteroatoms. The number of hydrogen-bond donors (Lipinski definition) is 0. The first-order chi connectivity index (χ1) is 23.5. The molecule has 0 radical (unpaired) electrons. The van der Waals surface area contributed by atoms with Crippen molar-refractivity contribution in [3.8, 4) is 0 Å². The van der Waals surface area contributed by atoms with Crippen LogP contribution in [-0.4, -0.2) is 100 Å². The van der Waals surface area contributed by atoms with Crippen LogP contribution in [0.25, 0.3) is 0 Å². The van der Waals surface area contributed by atoms with Gasteiger partial charge in [0.15, 0.2) is 24.6 Å². The summed E-state index contributed by atoms with van der Waals surface area (Å²) < 4.78 is 58.8. The standard InChI is InChI=1S/C35H44O14/c1-20-27(40-5)31(41-6)34(48-28(20)33(39)44-18-25-15-11-8-12-16-25)49-29-26(19-42-21(2)36)47-35(46-23(4)38)32(30(29)45-22(3)37)43-17-24-13-9-7-10-14-24/h7-16,20,26-32,34-35H,17-19H2,1-6H3/t20-,26?,27?,28?,29-,30?,31+,32?,34+,35?/m1/s1. The maximum Gasteiger partial charge on any atom is 0.336 e. The van der Waals surface area contributed by atoms with E-state index in [0.717, 1.165) is 11.1 Å². The van der Waals surface area contributed by atoms with Gasteiger partial charge in [0, 0.05) is 40.9 Å². The first-order valence-corrected chi connectivity index (χ1v) is 15.9. The summed E-state index contributed by atoms with van der Waals surface area (Å²) in [5.41, 5.74) is 1.56. The lowest BCUT2D eigenvalue weighted by atomic mass is 9.90. The molecule has 268 valence electrons. The number of rotatable bonds is 14. The molecule has 2 heterocycles. The lowest BCUT2D eigenvalue weighted by Crippen LogP contribution is -2.65. The third kappa shape index (κ3) is 10.3. The number of esters is 4. The second-order valence-corrected chi connectivity index (χ2v) is 11.7. The molecule has 0 saturated carbocycles. The van der Waals surface area contributed by atoms with Crippen molar-refractivity contribution in [3.63, 3.8) is 0 Å². The minimum atomic E-state index is -1.40. The summed E-state index contributed by atoms with van der Waals surface area (Å²) in [6.45, 7) is 4.98. The van der Waals surface area contributed by atoms with Gasteiger partial charge in [0.05, 0.1) is 12.7 Å². The van der Waals surface area contributed by atoms with E-state index < -0.39 is 91.7 Å². The largest absolute Gasteiger partial charge is 0.463 e. The van der Waals surface area contributed by atoms with Gasteiger partial charge in [-0.3, -0.25) is 14.4 Å². The maximum absolute atomic E-state index is 13.4. The number of carbonyl (C=O) groups is 4. The number of methoxy groups -OCH3 is 2. The van der Waals surface area contributed by atoms with Crippen LogP contribution in [0.1, 0.15) is 38.8 Å². The fraction of sp³-hybridized carbons (Fsp3) is 0.543. The maximum atomic E-state index is 13.4. The minimum absolute atomic E-state index is 0.0105. The summed E-state index contributed by atoms with van der Waals surface area (Å²) in [5.74, 6) is -3.24. The molecule has 0 N–H and O–H groups in total. The van der Waals surface area contributed by atoms with Crippen molar-refractivity contribution >= 4 is 23.9 Å². The molecule has 4 rings (SSSR count). The minimum Gasteiger partial charge on any atom is -0.463 e. The topological polar surface area (TPSA) is 161 Å². The number of carbonyl (C=O) groups excluding carboxylic acids is 4. The van der Waals surface area contributed by atoms with E-state index >= 15 is 0 Å². The van der Waals surface area contributed by atoms with E-state index in [0.29, 0.717) is 0 Å². The fourth-order valence-corrected chi connectivity index (χ4v) is 5.82. The monoisotopic (exact) mass is 688 g/mol. The van der Waals surface area contributed by atoms with Crippen molar-refractivity contribution in [2.45, 2.75) is 96.2 Å². The van der Waals surface area contributed by atoms with E-state index in [9.17, 15) is 19.2 Å². The number of benzene rings is 2. The molecular formula is C35H44O14. The van der Waals surface area contributed by atoms with Crippen molar-refractivity contribution in [1.82, 2.24) is 0 Å². The van der Waals surface area contributed by atoms with Crippen molar-refractivity contribution in [3.05, 3.63) is 71.8 Å². The van der Waals surface area contributed by atoms with Gasteiger partial charge in [-0.15, -0.1) is 0 Å². The zero-order chi connectivity index (χ0) is 35.5. The quantitative estimate of drug-likeness (QED) is 0.211. The van der Waals surface area contributed by atoms with Gasteiger partial charge in [0.2, 0.25) is 6.29 Å². The molecular weight excluding hydrogens is 644 g/mol. The Balaban J connectivity index is 1.67. The van der Waals surface area contributed by atoms with E-state index in [4.69, 9.17) is 47.4 Å². The second-order valence-electron chi connectivity index (χ2n) is 11.7. The number of ether oxygens (including phenoxy) is 10. The lowest BCUT2D eigenvalue weighted by Gasteiger charge is -2.48. The van der Waals surface area contributed by atoms with Crippen LogP contribution < -0.4 is 0 Å². The Labute approximate surface area is 285 Å². The predicted octanol–water partition coefficient (Wildman–Crippen LogP) is 2.87. The van der Waals surface area contributed by atoms with Gasteiger partial charge in [-0.1, -0.05) is 67.6 Å². The summed E-state index contributed by atoms with van der Waals surface area (Å²) >= 11 is 0. The highest BCUT2D eigenvalue weighted by atomic mass is 16.8. The van der Waals surface area contributed by atoms with Crippen molar-refractivity contribution in [2.24, 2.45) is 5.92 Å². The molecule has 0 aliphatic carbocycles. The lowest BCUT2D eigenvalue weighted by molar-refractivity contribution is -0.356. The van der Waals surface area contributed by atoms with Gasteiger partial charge in [-0.25, -0.2) is 4.79 Å². The van der Waals surface area contributed by atoms with Gasteiger partial charge in [-0.05, 0) is 11.1 Å². The van der Waals surface area contributed by atoms with Crippen LogP contribution in [-0.2, 0) is 79.8 Å². The Morgan fingerprint density at radius 3 is 1.78 bits per heavy atom. The average molecular weight is 689 g/mol. The van der Waals surface area contributed by atoms with Crippen LogP contribution in [0.4, 0.5) is 0 Å². The summed E-state index contributed by atoms with van der Waals surface area (Å²) in [5, 5.41) is 0. The summed E-state index contributed by atoms with van der Waals surface area (Å²) in [4.78, 5) is 50.1. The SMILES string of the molecule is COC1[C@@H](C)C(C(=O)OCc2ccccc2)O[C@@H](O[C@@H]2C(COC(C)=O)OC(OC(C)=O)C(OCc3ccccc3)C2OC(C)=O)[C@H]1OC. The molecule has 2 fully saturated rings. The van der Waals surface area contributed by atoms with Crippen LogP contribution >= 0.6 is 0 Å². The van der Waals surface area contributed by atoms with Crippen LogP contribution in [0.15, 0.2) is 60.7 Å². The molecule has 10 atom stereocenters. The first kappa shape index (κ1) is 37.9. The van der Waals surface area contributed by atoms with E-state index in [2.05, 4.69) is 0 Å². The highest BCUT2D eigenvalue weighted by Gasteiger charge is 2.55. The highest BCUT2D eigenvalue weighted by molar-refractivity contribution is 5.75. The van der Waals surface area contributed by atoms with Gasteiger partial charge in [0.1, 0.15) is 31.5 Å². The Morgan fingerprint density at radius 1 is 0.633 bits per heavy atom. The first-order valence-electron chi connectivity index (χ1n) is 15.9. The fourth-order valence-electron chi connectivity index (χ4n) is 5.82. The molecule has 2 aromatic rings. The van der Waals surface area contributed by atoms with Crippen LogP contribution in [0, 0.1) is 5.92 Å². The highest BCUT2D eigenvalue weighted by Crippen LogP contribution is 2.36. The van der Waals surface area contributed by atoms with Crippen LogP contribution in [0.3, 0.4) is 0 Å². The summed E-state index contributed by atoms with van der Waals surface area (Å²) in [7, 11) is 2.89. The van der Waals surface area contributed by atoms with Gasteiger partial charge >= 0.3 is 23.9 Å². The molecule has 2 saturated heterocycles. The molecule has 2 aliphatic heterocycles. The zero-order valence-electron chi connectivity index (χ0n) is 28.4. The molecule has 2 aliphatic rings. The van der Waals surface area contributed by atoms with Crippen LogP contribution in [0.5, 0.6) is 0 Å². The Hall–Kier alpha value is -3.92. The number of hydrogen-bond acceptors (Lipinski definition) is 14. The van der Waals surface area contributed by atoms with E-state index in [1.54, 1.807) is 6.92 Å². The molecule has 6 unspecified atom stereocenters. The van der Waals surface area contributed by atoms with Gasteiger partial charge in [-0.2, -0.15) is 0 Å². The van der Waals surface area contributed by atoms with Gasteiger partial charge < -0.3 is 47.4 Å². The molecule has 0 amide bonds. The van der Waals surface area contributed by atoms with E-state index in [-0.39, 0.29) is 13.2 Å². The molecule has 2 aromatic carbocycles. The molecule has 0 aromatic heterocycles. The predicted molar refractivity (Wildman–Crippen MR) is 168 cm³/mol. The summed E-state index contributed by atoms with van der Waals surface area (Å²) in [6.07, 6.45) is -10.5. The molecule has 0 bridgehead atoms. The van der Waals surface area contributed by atoms with E-state index in [1.165, 1.54) is 35.0 Å². The normalized spacial score (nSPS) is 29.8. The Kier molecular flexibility index (Phi) is 14.1. The van der Waals surface area contributed by atoms with Crippen molar-refractivity contribution < 1.29 is 66.5 Å². The third-order valence-corrected chi connectivity index (χ3v) is 8.07. The summed E-state index contributed by atoms with van der Waals surface area (Å²) in [6, 6.07) is 18.3. The average Bonchev–Trinajstić information content (AvgIpc) is 3.07. The second kappa shape index (κ2) is 18.2. The smallest absolute Gasteiger partial charge is 0.336 e. The zero-order valence-corrected chi connectivity index (χ0v) is 28.4. The van der Waals surface area contributed by atoms with Crippen molar-refractivity contribution in [2.75, 3.05) is 20.8 Å².